The van der Waals surface area contributed by atoms with Crippen molar-refractivity contribution in [2.75, 3.05) is 59.0 Å². The molecule has 4 aliphatic heterocycles. The fourth-order valence-electron chi connectivity index (χ4n) is 6.70. The molecule has 5 aliphatic rings. The molecule has 10 nitrogen and oxygen atoms in total. The van der Waals surface area contributed by atoms with Crippen molar-refractivity contribution in [2.24, 2.45) is 23.3 Å². The zero-order chi connectivity index (χ0) is 23.0. The Balaban J connectivity index is 1.31. The lowest BCUT2D eigenvalue weighted by molar-refractivity contribution is -0.134. The van der Waals surface area contributed by atoms with Gasteiger partial charge in [-0.25, -0.2) is 0 Å². The molecule has 1 saturated carbocycles. The zero-order valence-electron chi connectivity index (χ0n) is 19.6. The molecule has 4 saturated heterocycles. The van der Waals surface area contributed by atoms with E-state index in [0.717, 1.165) is 65.2 Å². The number of piperidine rings is 1. The Morgan fingerprint density at radius 2 is 1.79 bits per heavy atom. The van der Waals surface area contributed by atoms with Crippen molar-refractivity contribution in [3.05, 3.63) is 0 Å². The molecular weight excluding hydrogens is 442 g/mol. The highest BCUT2D eigenvalue weighted by atomic mass is 35.5. The third kappa shape index (κ3) is 4.79. The lowest BCUT2D eigenvalue weighted by Crippen LogP contribution is -2.78. The van der Waals surface area contributed by atoms with Gasteiger partial charge >= 0.3 is 0 Å². The highest BCUT2D eigenvalue weighted by molar-refractivity contribution is 6.21. The van der Waals surface area contributed by atoms with Crippen LogP contribution < -0.4 is 38.1 Å². The van der Waals surface area contributed by atoms with E-state index in [9.17, 15) is 4.79 Å². The molecule has 11 heteroatoms. The number of nitrogens with two attached hydrogens (primary N) is 2. The number of halogens is 1. The summed E-state index contributed by atoms with van der Waals surface area (Å²) in [5, 5.41) is 17.5. The van der Waals surface area contributed by atoms with Crippen LogP contribution in [0.3, 0.4) is 0 Å². The lowest BCUT2D eigenvalue weighted by atomic mass is 9.68. The number of hydrogen-bond donors (Lipinski definition) is 7. The quantitative estimate of drug-likeness (QED) is 0.162. The number of alkyl halides is 1. The number of hydrogen-bond acceptors (Lipinski definition) is 9. The van der Waals surface area contributed by atoms with E-state index in [4.69, 9.17) is 23.1 Å². The van der Waals surface area contributed by atoms with Gasteiger partial charge in [0.1, 0.15) is 0 Å². The molecule has 5 rings (SSSR count). The smallest absolute Gasteiger partial charge is 0.229 e. The molecule has 1 amide bonds. The summed E-state index contributed by atoms with van der Waals surface area (Å²) in [4.78, 5) is 19.0. The van der Waals surface area contributed by atoms with Gasteiger partial charge in [0.15, 0.2) is 0 Å². The Morgan fingerprint density at radius 1 is 1.03 bits per heavy atom. The number of piperazine rings is 1. The number of fused-ring (bicyclic) bond motifs is 1. The minimum absolute atomic E-state index is 0.00780. The van der Waals surface area contributed by atoms with Crippen LogP contribution in [0.5, 0.6) is 0 Å². The summed E-state index contributed by atoms with van der Waals surface area (Å²) in [6.45, 7) is 8.26. The molecule has 0 bridgehead atoms. The van der Waals surface area contributed by atoms with Gasteiger partial charge < -0.3 is 27.4 Å². The molecule has 4 unspecified atom stereocenters. The Hall–Kier alpha value is -0.560. The Bertz CT molecular complexity index is 685. The van der Waals surface area contributed by atoms with Crippen LogP contribution in [0.2, 0.25) is 0 Å². The normalized spacial score (nSPS) is 39.8. The van der Waals surface area contributed by atoms with Gasteiger partial charge in [0, 0.05) is 64.6 Å². The second kappa shape index (κ2) is 10.2. The molecule has 0 aromatic heterocycles. The number of nitrogens with zero attached hydrogens (tertiary/aromatic N) is 2. The highest BCUT2D eigenvalue weighted by Crippen LogP contribution is 2.40. The average Bonchev–Trinajstić information content (AvgIpc) is 3.22. The maximum atomic E-state index is 13.8. The van der Waals surface area contributed by atoms with Gasteiger partial charge in [0.25, 0.3) is 0 Å². The third-order valence-electron chi connectivity index (χ3n) is 8.71. The Kier molecular flexibility index (Phi) is 7.46. The van der Waals surface area contributed by atoms with Crippen molar-refractivity contribution in [3.63, 3.8) is 0 Å². The standard InChI is InChI=1S/C22H42ClN9O/c23-15-8-28-22(29-9-15,14-2-1-3-14)19(20(24)25)21(33)30-17-11-26-5-4-18(17)31-6-7-32-13-27-10-16(32)12-31/h14-20,26-29H,1-13,24-25H2,(H,30,33). The van der Waals surface area contributed by atoms with E-state index in [0.29, 0.717) is 31.1 Å². The Morgan fingerprint density at radius 3 is 2.48 bits per heavy atom. The number of carbonyl (C=O) groups is 1. The summed E-state index contributed by atoms with van der Waals surface area (Å²) in [5.74, 6) is -0.287. The van der Waals surface area contributed by atoms with Crippen LogP contribution in [0.1, 0.15) is 25.7 Å². The monoisotopic (exact) mass is 483 g/mol. The van der Waals surface area contributed by atoms with Crippen molar-refractivity contribution in [1.29, 1.82) is 0 Å². The van der Waals surface area contributed by atoms with Gasteiger partial charge in [-0.3, -0.25) is 25.2 Å². The van der Waals surface area contributed by atoms with Gasteiger partial charge in [-0.15, -0.1) is 11.6 Å². The molecule has 9 N–H and O–H groups in total. The summed E-state index contributed by atoms with van der Waals surface area (Å²) in [6, 6.07) is 0.930. The minimum Gasteiger partial charge on any atom is -0.350 e. The van der Waals surface area contributed by atoms with E-state index >= 15 is 0 Å². The maximum absolute atomic E-state index is 13.8. The summed E-state index contributed by atoms with van der Waals surface area (Å²) in [7, 11) is 0. The molecule has 4 atom stereocenters. The molecule has 4 heterocycles. The summed E-state index contributed by atoms with van der Waals surface area (Å²) >= 11 is 6.36. The van der Waals surface area contributed by atoms with Gasteiger partial charge in [0.05, 0.1) is 29.2 Å². The van der Waals surface area contributed by atoms with Gasteiger partial charge in [-0.1, -0.05) is 6.42 Å². The Labute approximate surface area is 202 Å². The first-order chi connectivity index (χ1) is 16.0. The molecule has 1 aliphatic carbocycles. The summed E-state index contributed by atoms with van der Waals surface area (Å²) < 4.78 is 0. The van der Waals surface area contributed by atoms with Crippen LogP contribution in [-0.2, 0) is 4.79 Å². The first kappa shape index (κ1) is 24.1. The van der Waals surface area contributed by atoms with Crippen LogP contribution in [0, 0.1) is 11.8 Å². The second-order valence-electron chi connectivity index (χ2n) is 10.7. The molecule has 33 heavy (non-hydrogen) atoms. The van der Waals surface area contributed by atoms with Crippen LogP contribution in [0.15, 0.2) is 0 Å². The van der Waals surface area contributed by atoms with E-state index in [1.54, 1.807) is 0 Å². The zero-order valence-corrected chi connectivity index (χ0v) is 20.3. The maximum Gasteiger partial charge on any atom is 0.229 e. The number of rotatable bonds is 6. The average molecular weight is 484 g/mol. The van der Waals surface area contributed by atoms with E-state index < -0.39 is 17.7 Å². The van der Waals surface area contributed by atoms with Crippen LogP contribution in [0.25, 0.3) is 0 Å². The van der Waals surface area contributed by atoms with Crippen LogP contribution in [-0.4, -0.2) is 110 Å². The second-order valence-corrected chi connectivity index (χ2v) is 11.3. The first-order valence-electron chi connectivity index (χ1n) is 12.8. The molecule has 188 valence electrons. The van der Waals surface area contributed by atoms with E-state index in [2.05, 4.69) is 36.4 Å². The largest absolute Gasteiger partial charge is 0.350 e. The van der Waals surface area contributed by atoms with Gasteiger partial charge in [-0.2, -0.15) is 0 Å². The summed E-state index contributed by atoms with van der Waals surface area (Å²) in [6.07, 6.45) is 3.57. The lowest BCUT2D eigenvalue weighted by Gasteiger charge is -2.54. The minimum atomic E-state index is -0.763. The van der Waals surface area contributed by atoms with Gasteiger partial charge in [0.2, 0.25) is 5.91 Å². The molecule has 0 aromatic rings. The van der Waals surface area contributed by atoms with E-state index in [1.807, 2.05) is 0 Å². The molecule has 5 fully saturated rings. The van der Waals surface area contributed by atoms with Crippen molar-refractivity contribution < 1.29 is 4.79 Å². The highest BCUT2D eigenvalue weighted by Gasteiger charge is 2.54. The van der Waals surface area contributed by atoms with Crippen molar-refractivity contribution >= 4 is 17.5 Å². The number of nitrogens with one attached hydrogen (secondary N) is 5. The predicted octanol–water partition coefficient (Wildman–Crippen LogP) is -2.46. The van der Waals surface area contributed by atoms with Crippen molar-refractivity contribution in [1.82, 2.24) is 36.4 Å². The molecule has 0 spiro atoms. The molecule has 0 aromatic carbocycles. The SMILES string of the molecule is NC(N)C(C(=O)NC1CNCCC1N1CCN2CNCC2C1)C1(C2CCC2)NCC(Cl)CN1. The van der Waals surface area contributed by atoms with Crippen molar-refractivity contribution in [2.45, 2.75) is 61.0 Å². The van der Waals surface area contributed by atoms with Crippen molar-refractivity contribution in [3.8, 4) is 0 Å². The van der Waals surface area contributed by atoms with Crippen LogP contribution in [0.4, 0.5) is 0 Å². The first-order valence-corrected chi connectivity index (χ1v) is 13.3. The van der Waals surface area contributed by atoms with Gasteiger partial charge in [-0.05, 0) is 31.7 Å². The fourth-order valence-corrected chi connectivity index (χ4v) is 6.86. The number of carbonyl (C=O) groups excluding carboxylic acids is 1. The molecular formula is C22H42ClN9O. The fraction of sp³-hybridized carbons (Fsp3) is 0.955. The predicted molar refractivity (Wildman–Crippen MR) is 130 cm³/mol. The molecule has 0 radical (unpaired) electrons. The third-order valence-corrected chi connectivity index (χ3v) is 9.02. The topological polar surface area (TPSA) is 136 Å². The summed E-state index contributed by atoms with van der Waals surface area (Å²) in [5.41, 5.74) is 12.0. The van der Waals surface area contributed by atoms with Crippen LogP contribution >= 0.6 is 11.6 Å². The number of amides is 1. The van der Waals surface area contributed by atoms with E-state index in [1.165, 1.54) is 6.42 Å². The van der Waals surface area contributed by atoms with E-state index in [-0.39, 0.29) is 17.3 Å².